The molecule has 0 radical (unpaired) electrons. The topological polar surface area (TPSA) is 57.2 Å². The van der Waals surface area contributed by atoms with Crippen molar-refractivity contribution in [3.63, 3.8) is 0 Å². The molecular weight excluding hydrogens is 276 g/mol. The van der Waals surface area contributed by atoms with Crippen LogP contribution in [0.1, 0.15) is 49.7 Å². The van der Waals surface area contributed by atoms with Gasteiger partial charge in [-0.15, -0.1) is 0 Å². The maximum absolute atomic E-state index is 12.7. The lowest BCUT2D eigenvalue weighted by Crippen LogP contribution is -2.31. The third-order valence-corrected chi connectivity index (χ3v) is 3.75. The summed E-state index contributed by atoms with van der Waals surface area (Å²) in [5.41, 5.74) is 8.75. The molecule has 0 fully saturated rings. The van der Waals surface area contributed by atoms with Crippen LogP contribution in [0.3, 0.4) is 0 Å². The van der Waals surface area contributed by atoms with Gasteiger partial charge in [0.2, 0.25) is 0 Å². The molecule has 1 unspecified atom stereocenters. The Bertz CT molecular complexity index is 687. The van der Waals surface area contributed by atoms with Crippen LogP contribution in [-0.2, 0) is 0 Å². The van der Waals surface area contributed by atoms with Crippen LogP contribution >= 0.6 is 0 Å². The molecule has 0 aliphatic rings. The number of nitrogens with zero attached hydrogens (tertiary/aromatic N) is 1. The predicted octanol–water partition coefficient (Wildman–Crippen LogP) is 3.18. The predicted molar refractivity (Wildman–Crippen MR) is 89.5 cm³/mol. The average Bonchev–Trinajstić information content (AvgIpc) is 2.47. The van der Waals surface area contributed by atoms with E-state index >= 15 is 0 Å². The van der Waals surface area contributed by atoms with Crippen molar-refractivity contribution in [1.82, 2.24) is 4.57 Å². The minimum absolute atomic E-state index is 0.0172. The van der Waals surface area contributed by atoms with Crippen LogP contribution in [0.4, 0.5) is 0 Å². The van der Waals surface area contributed by atoms with E-state index in [0.29, 0.717) is 12.2 Å². The Kier molecular flexibility index (Phi) is 5.03. The Morgan fingerprint density at radius 3 is 2.32 bits per heavy atom. The maximum atomic E-state index is 12.7. The minimum atomic E-state index is -0.436. The molecule has 0 amide bonds. The first-order chi connectivity index (χ1) is 10.5. The zero-order valence-corrected chi connectivity index (χ0v) is 13.7. The van der Waals surface area contributed by atoms with Crippen LogP contribution in [0.15, 0.2) is 41.2 Å². The van der Waals surface area contributed by atoms with E-state index in [1.807, 2.05) is 64.1 Å². The van der Waals surface area contributed by atoms with Gasteiger partial charge >= 0.3 is 0 Å². The summed E-state index contributed by atoms with van der Waals surface area (Å²) >= 11 is 0. The number of nitrogens with two attached hydrogens (primary N) is 1. The van der Waals surface area contributed by atoms with Gasteiger partial charge < -0.3 is 15.0 Å². The molecule has 1 aromatic carbocycles. The smallest absolute Gasteiger partial charge is 0.256 e. The monoisotopic (exact) mass is 300 g/mol. The lowest BCUT2D eigenvalue weighted by molar-refractivity contribution is 0.340. The standard InChI is InChI=1S/C18H24N2O2/c1-5-22-15-9-7-14(8-10-15)17(19)16-11-6-13(4)20(12(2)3)18(16)21/h6-12,17H,5,19H2,1-4H3. The molecule has 0 spiro atoms. The number of benzene rings is 1. The van der Waals surface area contributed by atoms with Crippen LogP contribution in [0.25, 0.3) is 0 Å². The Labute approximate surface area is 131 Å². The summed E-state index contributed by atoms with van der Waals surface area (Å²) in [5, 5.41) is 0. The van der Waals surface area contributed by atoms with Crippen molar-refractivity contribution < 1.29 is 4.74 Å². The molecule has 1 aromatic heterocycles. The van der Waals surface area contributed by atoms with Gasteiger partial charge in [0, 0.05) is 17.3 Å². The van der Waals surface area contributed by atoms with Crippen molar-refractivity contribution in [2.24, 2.45) is 5.73 Å². The van der Waals surface area contributed by atoms with Crippen molar-refractivity contribution in [1.29, 1.82) is 0 Å². The maximum Gasteiger partial charge on any atom is 0.256 e. The number of pyridine rings is 1. The zero-order chi connectivity index (χ0) is 16.3. The average molecular weight is 300 g/mol. The summed E-state index contributed by atoms with van der Waals surface area (Å²) in [6, 6.07) is 11.0. The lowest BCUT2D eigenvalue weighted by Gasteiger charge is -2.18. The first kappa shape index (κ1) is 16.3. The molecule has 1 atom stereocenters. The van der Waals surface area contributed by atoms with Crippen molar-refractivity contribution in [3.8, 4) is 5.75 Å². The van der Waals surface area contributed by atoms with Gasteiger partial charge in [-0.25, -0.2) is 0 Å². The van der Waals surface area contributed by atoms with Crippen LogP contribution in [-0.4, -0.2) is 11.2 Å². The van der Waals surface area contributed by atoms with E-state index in [9.17, 15) is 4.79 Å². The Morgan fingerprint density at radius 1 is 1.14 bits per heavy atom. The van der Waals surface area contributed by atoms with Gasteiger partial charge in [-0.3, -0.25) is 4.79 Å². The zero-order valence-electron chi connectivity index (χ0n) is 13.7. The fraction of sp³-hybridized carbons (Fsp3) is 0.389. The molecule has 0 aliphatic heterocycles. The molecule has 0 saturated heterocycles. The van der Waals surface area contributed by atoms with Crippen molar-refractivity contribution in [2.75, 3.05) is 6.61 Å². The molecule has 1 heterocycles. The molecule has 4 nitrogen and oxygen atoms in total. The van der Waals surface area contributed by atoms with E-state index in [0.717, 1.165) is 17.0 Å². The normalized spacial score (nSPS) is 12.5. The Balaban J connectivity index is 2.39. The molecule has 4 heteroatoms. The van der Waals surface area contributed by atoms with Gasteiger partial charge in [-0.1, -0.05) is 12.1 Å². The number of ether oxygens (including phenoxy) is 1. The van der Waals surface area contributed by atoms with E-state index in [1.54, 1.807) is 4.57 Å². The highest BCUT2D eigenvalue weighted by molar-refractivity contribution is 5.35. The molecule has 0 bridgehead atoms. The Morgan fingerprint density at radius 2 is 1.77 bits per heavy atom. The first-order valence-corrected chi connectivity index (χ1v) is 7.66. The summed E-state index contributed by atoms with van der Waals surface area (Å²) < 4.78 is 7.21. The molecule has 0 aliphatic carbocycles. The van der Waals surface area contributed by atoms with Gasteiger partial charge in [-0.05, 0) is 57.5 Å². The quantitative estimate of drug-likeness (QED) is 0.922. The number of aryl methyl sites for hydroxylation is 1. The Hall–Kier alpha value is -2.07. The third kappa shape index (κ3) is 3.22. The van der Waals surface area contributed by atoms with Crippen LogP contribution in [0.2, 0.25) is 0 Å². The highest BCUT2D eigenvalue weighted by Gasteiger charge is 2.16. The highest BCUT2D eigenvalue weighted by Crippen LogP contribution is 2.21. The minimum Gasteiger partial charge on any atom is -0.494 e. The number of aromatic nitrogens is 1. The second-order valence-corrected chi connectivity index (χ2v) is 5.68. The molecule has 2 rings (SSSR count). The summed E-state index contributed by atoms with van der Waals surface area (Å²) in [5.74, 6) is 0.807. The van der Waals surface area contributed by atoms with E-state index in [1.165, 1.54) is 0 Å². The molecule has 2 N–H and O–H groups in total. The first-order valence-electron chi connectivity index (χ1n) is 7.66. The van der Waals surface area contributed by atoms with Gasteiger partial charge in [-0.2, -0.15) is 0 Å². The second kappa shape index (κ2) is 6.79. The fourth-order valence-corrected chi connectivity index (χ4v) is 2.66. The molecule has 118 valence electrons. The van der Waals surface area contributed by atoms with Crippen LogP contribution < -0.4 is 16.0 Å². The number of hydrogen-bond acceptors (Lipinski definition) is 3. The van der Waals surface area contributed by atoms with E-state index < -0.39 is 6.04 Å². The van der Waals surface area contributed by atoms with Gasteiger partial charge in [0.1, 0.15) is 5.75 Å². The molecule has 0 saturated carbocycles. The SMILES string of the molecule is CCOc1ccc(C(N)c2ccc(C)n(C(C)C)c2=O)cc1. The van der Waals surface area contributed by atoms with E-state index in [2.05, 4.69) is 0 Å². The third-order valence-electron chi connectivity index (χ3n) is 3.75. The number of hydrogen-bond donors (Lipinski definition) is 1. The van der Waals surface area contributed by atoms with Crippen LogP contribution in [0, 0.1) is 6.92 Å². The molecule has 2 aromatic rings. The molecule has 22 heavy (non-hydrogen) atoms. The summed E-state index contributed by atoms with van der Waals surface area (Å²) in [4.78, 5) is 12.7. The van der Waals surface area contributed by atoms with Gasteiger partial charge in [0.25, 0.3) is 5.56 Å². The van der Waals surface area contributed by atoms with Crippen molar-refractivity contribution in [3.05, 3.63) is 63.6 Å². The van der Waals surface area contributed by atoms with Crippen molar-refractivity contribution >= 4 is 0 Å². The highest BCUT2D eigenvalue weighted by atomic mass is 16.5. The second-order valence-electron chi connectivity index (χ2n) is 5.68. The fourth-order valence-electron chi connectivity index (χ4n) is 2.66. The van der Waals surface area contributed by atoms with Gasteiger partial charge in [0.05, 0.1) is 12.6 Å². The lowest BCUT2D eigenvalue weighted by atomic mass is 10.00. The molecular formula is C18H24N2O2. The summed E-state index contributed by atoms with van der Waals surface area (Å²) in [6.45, 7) is 8.51. The van der Waals surface area contributed by atoms with Crippen molar-refractivity contribution in [2.45, 2.75) is 39.8 Å². The van der Waals surface area contributed by atoms with E-state index in [-0.39, 0.29) is 11.6 Å². The largest absolute Gasteiger partial charge is 0.494 e. The van der Waals surface area contributed by atoms with Gasteiger partial charge in [0.15, 0.2) is 0 Å². The summed E-state index contributed by atoms with van der Waals surface area (Å²) in [7, 11) is 0. The summed E-state index contributed by atoms with van der Waals surface area (Å²) in [6.07, 6.45) is 0. The number of rotatable bonds is 5. The van der Waals surface area contributed by atoms with E-state index in [4.69, 9.17) is 10.5 Å². The van der Waals surface area contributed by atoms with Crippen LogP contribution in [0.5, 0.6) is 5.75 Å².